The van der Waals surface area contributed by atoms with E-state index in [2.05, 4.69) is 85.5 Å². The third kappa shape index (κ3) is 3.54. The van der Waals surface area contributed by atoms with E-state index >= 15 is 0 Å². The molecule has 4 rings (SSSR count). The van der Waals surface area contributed by atoms with E-state index in [4.69, 9.17) is 23.2 Å². The van der Waals surface area contributed by atoms with Crippen LogP contribution in [0.5, 0.6) is 0 Å². The highest BCUT2D eigenvalue weighted by atomic mass is 35.5. The Morgan fingerprint density at radius 1 is 0.800 bits per heavy atom. The fraction of sp³-hybridized carbons (Fsp3) is 0.0370. The molecule has 0 N–H and O–H groups in total. The Morgan fingerprint density at radius 2 is 1.37 bits per heavy atom. The first kappa shape index (κ1) is 20.7. The van der Waals surface area contributed by atoms with Gasteiger partial charge in [-0.2, -0.15) is 0 Å². The highest BCUT2D eigenvalue weighted by Crippen LogP contribution is 2.27. The second-order valence-electron chi connectivity index (χ2n) is 7.32. The predicted molar refractivity (Wildman–Crippen MR) is 136 cm³/mol. The van der Waals surface area contributed by atoms with Crippen molar-refractivity contribution in [3.8, 4) is 0 Å². The van der Waals surface area contributed by atoms with Crippen molar-refractivity contribution in [1.29, 1.82) is 0 Å². The molecule has 0 nitrogen and oxygen atoms in total. The average Bonchev–Trinajstić information content (AvgIpc) is 2.89. The van der Waals surface area contributed by atoms with E-state index in [9.17, 15) is 0 Å². The molecule has 0 unspecified atom stereocenters. The molecular weight excluding hydrogens is 423 g/mol. The van der Waals surface area contributed by atoms with Gasteiger partial charge >= 0.3 is 0 Å². The Kier molecular flexibility index (Phi) is 5.96. The highest BCUT2D eigenvalue weighted by molar-refractivity contribution is 7.17. The SMILES string of the molecule is C=C(/C=C\C=C/C)[Si]1(c2ccccc2)c2cc(Cl)ccc2C=Cc2ccc(Cl)cc21. The zero-order valence-corrected chi connectivity index (χ0v) is 19.3. The number of fused-ring (bicyclic) bond motifs is 2. The van der Waals surface area contributed by atoms with Gasteiger partial charge in [-0.1, -0.05) is 114 Å². The first-order chi connectivity index (χ1) is 14.6. The van der Waals surface area contributed by atoms with Gasteiger partial charge in [-0.15, -0.1) is 0 Å². The Balaban J connectivity index is 2.17. The predicted octanol–water partition coefficient (Wildman–Crippen LogP) is 6.18. The minimum absolute atomic E-state index is 0.727. The van der Waals surface area contributed by atoms with Gasteiger partial charge in [0.2, 0.25) is 0 Å². The van der Waals surface area contributed by atoms with Crippen LogP contribution >= 0.6 is 23.2 Å². The van der Waals surface area contributed by atoms with Gasteiger partial charge in [-0.05, 0) is 57.9 Å². The maximum Gasteiger partial charge on any atom is 0.180 e. The number of benzene rings is 3. The molecule has 148 valence electrons. The zero-order chi connectivity index (χ0) is 21.1. The molecule has 0 radical (unpaired) electrons. The second kappa shape index (κ2) is 8.65. The number of halogens is 2. The van der Waals surface area contributed by atoms with Gasteiger partial charge in [0.1, 0.15) is 0 Å². The summed E-state index contributed by atoms with van der Waals surface area (Å²) in [5.41, 5.74) is 2.34. The molecule has 1 aliphatic heterocycles. The van der Waals surface area contributed by atoms with Crippen molar-refractivity contribution in [1.82, 2.24) is 0 Å². The van der Waals surface area contributed by atoms with Crippen LogP contribution in [0.25, 0.3) is 12.2 Å². The number of allylic oxidation sites excluding steroid dienone is 5. The molecular formula is C27H22Cl2Si. The van der Waals surface area contributed by atoms with Crippen molar-refractivity contribution in [2.75, 3.05) is 0 Å². The lowest BCUT2D eigenvalue weighted by atomic mass is 10.1. The van der Waals surface area contributed by atoms with Crippen molar-refractivity contribution in [3.63, 3.8) is 0 Å². The molecule has 0 saturated carbocycles. The molecule has 0 amide bonds. The summed E-state index contributed by atoms with van der Waals surface area (Å²) in [5, 5.41) is 6.26. The largest absolute Gasteiger partial charge is 0.180 e. The summed E-state index contributed by atoms with van der Waals surface area (Å²) in [7, 11) is -2.71. The molecule has 30 heavy (non-hydrogen) atoms. The highest BCUT2D eigenvalue weighted by Gasteiger charge is 2.44. The summed E-state index contributed by atoms with van der Waals surface area (Å²) in [4.78, 5) is 0. The fourth-order valence-electron chi connectivity index (χ4n) is 4.26. The molecule has 0 aromatic heterocycles. The Bertz CT molecular complexity index is 1130. The summed E-state index contributed by atoms with van der Waals surface area (Å²) in [6, 6.07) is 23.0. The molecule has 3 aromatic carbocycles. The third-order valence-corrected chi connectivity index (χ3v) is 10.9. The Morgan fingerprint density at radius 3 is 1.90 bits per heavy atom. The van der Waals surface area contributed by atoms with Gasteiger partial charge in [-0.25, -0.2) is 0 Å². The van der Waals surface area contributed by atoms with Gasteiger partial charge in [0.25, 0.3) is 0 Å². The average molecular weight is 445 g/mol. The van der Waals surface area contributed by atoms with Gasteiger partial charge < -0.3 is 0 Å². The van der Waals surface area contributed by atoms with Crippen molar-refractivity contribution in [2.24, 2.45) is 0 Å². The van der Waals surface area contributed by atoms with Crippen LogP contribution in [0.1, 0.15) is 18.1 Å². The van der Waals surface area contributed by atoms with E-state index in [0.29, 0.717) is 0 Å². The minimum atomic E-state index is -2.71. The van der Waals surface area contributed by atoms with Crippen LogP contribution in [0.2, 0.25) is 10.0 Å². The minimum Gasteiger partial charge on any atom is -0.0987 e. The molecule has 1 aliphatic rings. The lowest BCUT2D eigenvalue weighted by Crippen LogP contribution is -2.69. The lowest BCUT2D eigenvalue weighted by Gasteiger charge is -2.36. The van der Waals surface area contributed by atoms with Crippen LogP contribution in [0.15, 0.2) is 103 Å². The molecule has 0 fully saturated rings. The summed E-state index contributed by atoms with van der Waals surface area (Å²) >= 11 is 13.1. The third-order valence-electron chi connectivity index (χ3n) is 5.57. The summed E-state index contributed by atoms with van der Waals surface area (Å²) in [5.74, 6) is 0. The maximum absolute atomic E-state index is 6.55. The first-order valence-corrected chi connectivity index (χ1v) is 12.7. The molecule has 0 saturated heterocycles. The Hall–Kier alpha value is -2.58. The number of hydrogen-bond acceptors (Lipinski definition) is 0. The van der Waals surface area contributed by atoms with Gasteiger partial charge in [0.15, 0.2) is 8.07 Å². The number of rotatable bonds is 4. The summed E-state index contributed by atoms with van der Waals surface area (Å²) < 4.78 is 0. The van der Waals surface area contributed by atoms with Crippen molar-refractivity contribution in [3.05, 3.63) is 124 Å². The standard InChI is InChI=1S/C27H22Cl2Si/c1-3-4-6-9-20(2)30(25-10-7-5-8-11-25)26-18-23(28)16-14-21(26)12-13-22-15-17-24(29)19-27(22)30/h3-19H,2H2,1H3/b4-3-,9-6-. The summed E-state index contributed by atoms with van der Waals surface area (Å²) in [6.45, 7) is 6.64. The molecule has 0 spiro atoms. The zero-order valence-electron chi connectivity index (χ0n) is 16.8. The second-order valence-corrected chi connectivity index (χ2v) is 12.0. The molecule has 0 atom stereocenters. The van der Waals surface area contributed by atoms with Crippen LogP contribution in [0, 0.1) is 0 Å². The van der Waals surface area contributed by atoms with E-state index in [1.165, 1.54) is 26.7 Å². The van der Waals surface area contributed by atoms with E-state index in [-0.39, 0.29) is 0 Å². The molecule has 3 heteroatoms. The number of hydrogen-bond donors (Lipinski definition) is 0. The van der Waals surface area contributed by atoms with Gasteiger partial charge in [-0.3, -0.25) is 0 Å². The Labute approximate surface area is 189 Å². The lowest BCUT2D eigenvalue weighted by molar-refractivity contribution is 1.64. The van der Waals surface area contributed by atoms with Crippen LogP contribution in [-0.4, -0.2) is 8.07 Å². The van der Waals surface area contributed by atoms with Crippen molar-refractivity contribution >= 4 is 59.0 Å². The van der Waals surface area contributed by atoms with Crippen LogP contribution in [0.4, 0.5) is 0 Å². The van der Waals surface area contributed by atoms with Crippen LogP contribution < -0.4 is 15.6 Å². The van der Waals surface area contributed by atoms with Crippen LogP contribution in [-0.2, 0) is 0 Å². The van der Waals surface area contributed by atoms with E-state index in [1.807, 2.05) is 31.2 Å². The smallest absolute Gasteiger partial charge is 0.0987 e. The van der Waals surface area contributed by atoms with E-state index < -0.39 is 8.07 Å². The van der Waals surface area contributed by atoms with Gasteiger partial charge in [0.05, 0.1) is 0 Å². The van der Waals surface area contributed by atoms with Crippen LogP contribution in [0.3, 0.4) is 0 Å². The molecule has 0 aliphatic carbocycles. The molecule has 3 aromatic rings. The van der Waals surface area contributed by atoms with Crippen molar-refractivity contribution < 1.29 is 0 Å². The van der Waals surface area contributed by atoms with E-state index in [1.54, 1.807) is 0 Å². The van der Waals surface area contributed by atoms with Gasteiger partial charge in [0, 0.05) is 10.0 Å². The van der Waals surface area contributed by atoms with E-state index in [0.717, 1.165) is 15.2 Å². The molecule has 1 heterocycles. The van der Waals surface area contributed by atoms with Crippen molar-refractivity contribution in [2.45, 2.75) is 6.92 Å². The normalized spacial score (nSPS) is 14.5. The first-order valence-electron chi connectivity index (χ1n) is 9.89. The molecule has 0 bridgehead atoms. The quantitative estimate of drug-likeness (QED) is 0.333. The fourth-order valence-corrected chi connectivity index (χ4v) is 9.74. The monoisotopic (exact) mass is 444 g/mol. The summed E-state index contributed by atoms with van der Waals surface area (Å²) in [6.07, 6.45) is 12.6. The topological polar surface area (TPSA) is 0 Å². The maximum atomic E-state index is 6.55.